The van der Waals surface area contributed by atoms with E-state index in [0.29, 0.717) is 15.3 Å². The smallest absolute Gasteiger partial charge is 0.267 e. The molecule has 2 rings (SSSR count). The number of nitrogens with one attached hydrogen (secondary N) is 2. The van der Waals surface area contributed by atoms with Gasteiger partial charge < -0.3 is 10.3 Å². The number of rotatable bonds is 2. The predicted octanol–water partition coefficient (Wildman–Crippen LogP) is 3.24. The van der Waals surface area contributed by atoms with E-state index in [1.165, 1.54) is 6.33 Å². The van der Waals surface area contributed by atoms with Crippen LogP contribution in [0, 0.1) is 6.92 Å². The van der Waals surface area contributed by atoms with Crippen LogP contribution in [0.2, 0.25) is 5.02 Å². The average molecular weight is 315 g/mol. The van der Waals surface area contributed by atoms with Gasteiger partial charge in [-0.15, -0.1) is 0 Å². The summed E-state index contributed by atoms with van der Waals surface area (Å²) in [7, 11) is 0. The molecule has 2 aromatic rings. The van der Waals surface area contributed by atoms with Crippen LogP contribution in [-0.2, 0) is 0 Å². The lowest BCUT2D eigenvalue weighted by Crippen LogP contribution is -2.10. The van der Waals surface area contributed by atoms with Gasteiger partial charge in [0.15, 0.2) is 5.82 Å². The molecule has 0 spiro atoms. The van der Waals surface area contributed by atoms with Crippen molar-refractivity contribution >= 4 is 39.0 Å². The van der Waals surface area contributed by atoms with Gasteiger partial charge in [0.05, 0.1) is 17.0 Å². The highest BCUT2D eigenvalue weighted by Crippen LogP contribution is 2.29. The molecule has 0 bridgehead atoms. The highest BCUT2D eigenvalue weighted by molar-refractivity contribution is 9.10. The molecule has 0 saturated carbocycles. The lowest BCUT2D eigenvalue weighted by atomic mass is 10.2. The van der Waals surface area contributed by atoms with E-state index >= 15 is 0 Å². The van der Waals surface area contributed by atoms with Crippen LogP contribution in [0.15, 0.2) is 33.8 Å². The van der Waals surface area contributed by atoms with Gasteiger partial charge in [0.1, 0.15) is 4.47 Å². The maximum Gasteiger partial charge on any atom is 0.267 e. The summed E-state index contributed by atoms with van der Waals surface area (Å²) in [4.78, 5) is 17.9. The van der Waals surface area contributed by atoms with Crippen molar-refractivity contribution in [2.75, 3.05) is 5.32 Å². The normalized spacial score (nSPS) is 10.3. The van der Waals surface area contributed by atoms with Crippen LogP contribution >= 0.6 is 27.5 Å². The number of aromatic amines is 1. The third-order valence-corrected chi connectivity index (χ3v) is 3.31. The number of halogens is 2. The first-order valence-corrected chi connectivity index (χ1v) is 6.02. The van der Waals surface area contributed by atoms with E-state index in [4.69, 9.17) is 11.6 Å². The molecule has 0 fully saturated rings. The summed E-state index contributed by atoms with van der Waals surface area (Å²) < 4.78 is 0.347. The Kier molecular flexibility index (Phi) is 3.49. The third-order valence-electron chi connectivity index (χ3n) is 2.26. The molecule has 1 aromatic carbocycles. The summed E-state index contributed by atoms with van der Waals surface area (Å²) in [5, 5.41) is 3.62. The molecule has 0 radical (unpaired) electrons. The summed E-state index contributed by atoms with van der Waals surface area (Å²) in [6.45, 7) is 1.93. The number of hydrogen-bond acceptors (Lipinski definition) is 3. The third kappa shape index (κ3) is 2.50. The monoisotopic (exact) mass is 313 g/mol. The van der Waals surface area contributed by atoms with Gasteiger partial charge in [0.25, 0.3) is 5.56 Å². The topological polar surface area (TPSA) is 57.8 Å². The average Bonchev–Trinajstić information content (AvgIpc) is 2.29. The minimum Gasteiger partial charge on any atom is -0.338 e. The molecule has 0 atom stereocenters. The second-order valence-corrected chi connectivity index (χ2v) is 4.65. The van der Waals surface area contributed by atoms with E-state index in [1.54, 1.807) is 6.07 Å². The first kappa shape index (κ1) is 12.1. The number of aromatic nitrogens is 2. The maximum atomic E-state index is 11.4. The van der Waals surface area contributed by atoms with Crippen LogP contribution < -0.4 is 10.9 Å². The molecular formula is C11H9BrClN3O. The molecule has 0 unspecified atom stereocenters. The number of para-hydroxylation sites is 1. The maximum absolute atomic E-state index is 11.4. The Morgan fingerprint density at radius 1 is 1.47 bits per heavy atom. The standard InChI is InChI=1S/C11H9BrClN3O/c1-6-3-2-4-7(13)9(6)16-10-8(12)11(17)15-5-14-10/h2-5H,1H3,(H2,14,15,16,17). The van der Waals surface area contributed by atoms with Crippen LogP contribution in [0.4, 0.5) is 11.5 Å². The van der Waals surface area contributed by atoms with Crippen LogP contribution in [0.1, 0.15) is 5.56 Å². The molecule has 1 heterocycles. The number of nitrogens with zero attached hydrogens (tertiary/aromatic N) is 1. The van der Waals surface area contributed by atoms with Crippen molar-refractivity contribution in [1.29, 1.82) is 0 Å². The molecule has 17 heavy (non-hydrogen) atoms. The second kappa shape index (κ2) is 4.89. The Morgan fingerprint density at radius 2 is 2.24 bits per heavy atom. The van der Waals surface area contributed by atoms with E-state index in [2.05, 4.69) is 31.2 Å². The number of benzene rings is 1. The summed E-state index contributed by atoms with van der Waals surface area (Å²) in [6.07, 6.45) is 1.33. The van der Waals surface area contributed by atoms with E-state index < -0.39 is 0 Å². The Morgan fingerprint density at radius 3 is 2.94 bits per heavy atom. The summed E-state index contributed by atoms with van der Waals surface area (Å²) in [5.41, 5.74) is 1.48. The molecule has 0 aliphatic rings. The van der Waals surface area contributed by atoms with Gasteiger partial charge in [-0.2, -0.15) is 0 Å². The Labute approximate surface area is 111 Å². The number of H-pyrrole nitrogens is 1. The van der Waals surface area contributed by atoms with Gasteiger partial charge in [0.2, 0.25) is 0 Å². The first-order chi connectivity index (χ1) is 8.09. The van der Waals surface area contributed by atoms with Crippen LogP contribution in [-0.4, -0.2) is 9.97 Å². The van der Waals surface area contributed by atoms with Gasteiger partial charge in [-0.3, -0.25) is 4.79 Å². The zero-order valence-corrected chi connectivity index (χ0v) is 11.3. The summed E-state index contributed by atoms with van der Waals surface area (Å²) in [5.74, 6) is 0.435. The van der Waals surface area contributed by atoms with Crippen molar-refractivity contribution in [1.82, 2.24) is 9.97 Å². The van der Waals surface area contributed by atoms with E-state index in [9.17, 15) is 4.79 Å². The van der Waals surface area contributed by atoms with Crippen molar-refractivity contribution in [3.63, 3.8) is 0 Å². The van der Waals surface area contributed by atoms with E-state index in [-0.39, 0.29) is 5.56 Å². The lowest BCUT2D eigenvalue weighted by molar-refractivity contribution is 1.10. The van der Waals surface area contributed by atoms with Gasteiger partial charge in [-0.25, -0.2) is 4.98 Å². The van der Waals surface area contributed by atoms with Crippen LogP contribution in [0.5, 0.6) is 0 Å². The Hall–Kier alpha value is -1.33. The minimum absolute atomic E-state index is 0.243. The molecule has 88 valence electrons. The number of aryl methyl sites for hydroxylation is 1. The molecule has 0 saturated heterocycles. The van der Waals surface area contributed by atoms with Gasteiger partial charge in [-0.05, 0) is 34.5 Å². The molecular weight excluding hydrogens is 305 g/mol. The molecule has 2 N–H and O–H groups in total. The zero-order chi connectivity index (χ0) is 12.4. The molecule has 0 aliphatic carbocycles. The van der Waals surface area contributed by atoms with Gasteiger partial charge >= 0.3 is 0 Å². The highest BCUT2D eigenvalue weighted by atomic mass is 79.9. The summed E-state index contributed by atoms with van der Waals surface area (Å²) >= 11 is 9.25. The van der Waals surface area contributed by atoms with Crippen molar-refractivity contribution < 1.29 is 0 Å². The fourth-order valence-electron chi connectivity index (χ4n) is 1.38. The summed E-state index contributed by atoms with van der Waals surface area (Å²) in [6, 6.07) is 5.57. The van der Waals surface area contributed by atoms with E-state index in [0.717, 1.165) is 11.3 Å². The highest BCUT2D eigenvalue weighted by Gasteiger charge is 2.09. The van der Waals surface area contributed by atoms with Crippen molar-refractivity contribution in [2.45, 2.75) is 6.92 Å². The molecule has 6 heteroatoms. The quantitative estimate of drug-likeness (QED) is 0.894. The SMILES string of the molecule is Cc1cccc(Cl)c1Nc1nc[nH]c(=O)c1Br. The Balaban J connectivity index is 2.45. The minimum atomic E-state index is -0.243. The predicted molar refractivity (Wildman–Crippen MR) is 72.0 cm³/mol. The van der Waals surface area contributed by atoms with Crippen molar-refractivity contribution in [3.05, 3.63) is 49.9 Å². The number of hydrogen-bond donors (Lipinski definition) is 2. The van der Waals surface area contributed by atoms with Crippen LogP contribution in [0.25, 0.3) is 0 Å². The first-order valence-electron chi connectivity index (χ1n) is 4.85. The lowest BCUT2D eigenvalue weighted by Gasteiger charge is -2.11. The largest absolute Gasteiger partial charge is 0.338 e. The van der Waals surface area contributed by atoms with Gasteiger partial charge in [0, 0.05) is 0 Å². The fraction of sp³-hybridized carbons (Fsp3) is 0.0909. The van der Waals surface area contributed by atoms with Crippen LogP contribution in [0.3, 0.4) is 0 Å². The second-order valence-electron chi connectivity index (χ2n) is 3.45. The van der Waals surface area contributed by atoms with E-state index in [1.807, 2.05) is 19.1 Å². The molecule has 0 aliphatic heterocycles. The molecule has 0 amide bonds. The number of anilines is 2. The molecule has 4 nitrogen and oxygen atoms in total. The van der Waals surface area contributed by atoms with Crippen molar-refractivity contribution in [2.24, 2.45) is 0 Å². The van der Waals surface area contributed by atoms with Crippen molar-refractivity contribution in [3.8, 4) is 0 Å². The zero-order valence-electron chi connectivity index (χ0n) is 8.92. The Bertz CT molecular complexity index is 592. The fourth-order valence-corrected chi connectivity index (χ4v) is 1.96. The van der Waals surface area contributed by atoms with Gasteiger partial charge in [-0.1, -0.05) is 23.7 Å². The molecule has 1 aromatic heterocycles.